The number of benzene rings is 2. The van der Waals surface area contributed by atoms with Crippen molar-refractivity contribution in [1.82, 2.24) is 0 Å². The number of carbonyl (C=O) groups excluding carboxylic acids is 1. The Labute approximate surface area is 170 Å². The van der Waals surface area contributed by atoms with Gasteiger partial charge in [-0.25, -0.2) is 0 Å². The number of carboxylic acids is 1. The van der Waals surface area contributed by atoms with Crippen LogP contribution in [0.4, 0.5) is 0 Å². The molecule has 1 aliphatic rings. The number of hydrogen-bond donors (Lipinski definition) is 3. The van der Waals surface area contributed by atoms with Crippen LogP contribution in [0.15, 0.2) is 48.5 Å². The summed E-state index contributed by atoms with van der Waals surface area (Å²) >= 11 is 0. The summed E-state index contributed by atoms with van der Waals surface area (Å²) < 4.78 is 5.40. The lowest BCUT2D eigenvalue weighted by Gasteiger charge is -2.25. The summed E-state index contributed by atoms with van der Waals surface area (Å²) in [5.74, 6) is -4.13. The summed E-state index contributed by atoms with van der Waals surface area (Å²) in [7, 11) is 0. The van der Waals surface area contributed by atoms with E-state index in [1.807, 2.05) is 62.4 Å². The molecule has 6 nitrogen and oxygen atoms in total. The lowest BCUT2D eigenvalue weighted by atomic mass is 9.91. The van der Waals surface area contributed by atoms with Crippen LogP contribution in [0.1, 0.15) is 37.3 Å². The Hall–Kier alpha value is -2.70. The quantitative estimate of drug-likeness (QED) is 0.467. The van der Waals surface area contributed by atoms with Crippen molar-refractivity contribution >= 4 is 11.9 Å². The van der Waals surface area contributed by atoms with Crippen molar-refractivity contribution in [2.24, 2.45) is 17.6 Å². The standard InChI is InChI=1S/C23H27NO5/c1-13(2)11-19(24)21(25)20(22(26)27)23(28)29-12-18-16-9-5-3-7-14(16)15-8-4-6-10-17(15)18/h3-10,13,18-21,25H,11-12,24H2,1-2H3,(H,26,27)/t19-,20?,21-/m0/s1. The van der Waals surface area contributed by atoms with E-state index >= 15 is 0 Å². The van der Waals surface area contributed by atoms with Crippen LogP contribution in [-0.2, 0) is 14.3 Å². The van der Waals surface area contributed by atoms with E-state index < -0.39 is 30.0 Å². The fraction of sp³-hybridized carbons (Fsp3) is 0.391. The second-order valence-electron chi connectivity index (χ2n) is 7.96. The smallest absolute Gasteiger partial charge is 0.323 e. The van der Waals surface area contributed by atoms with Crippen molar-refractivity contribution in [3.63, 3.8) is 0 Å². The minimum absolute atomic E-state index is 0.00276. The minimum atomic E-state index is -1.71. The molecule has 0 spiro atoms. The van der Waals surface area contributed by atoms with E-state index in [2.05, 4.69) is 0 Å². The first-order chi connectivity index (χ1) is 13.8. The summed E-state index contributed by atoms with van der Waals surface area (Å²) in [5, 5.41) is 19.9. The zero-order chi connectivity index (χ0) is 21.1. The molecule has 3 rings (SSSR count). The van der Waals surface area contributed by atoms with Gasteiger partial charge in [-0.3, -0.25) is 9.59 Å². The van der Waals surface area contributed by atoms with Gasteiger partial charge in [0.2, 0.25) is 0 Å². The third kappa shape index (κ3) is 4.33. The van der Waals surface area contributed by atoms with Crippen molar-refractivity contribution in [1.29, 1.82) is 0 Å². The lowest BCUT2D eigenvalue weighted by Crippen LogP contribution is -2.47. The zero-order valence-electron chi connectivity index (χ0n) is 16.6. The molecule has 0 aliphatic heterocycles. The second kappa shape index (κ2) is 8.76. The number of aliphatic hydroxyl groups is 1. The Morgan fingerprint density at radius 1 is 1.03 bits per heavy atom. The number of hydrogen-bond acceptors (Lipinski definition) is 5. The average Bonchev–Trinajstić information content (AvgIpc) is 2.99. The zero-order valence-corrected chi connectivity index (χ0v) is 16.6. The van der Waals surface area contributed by atoms with Gasteiger partial charge < -0.3 is 20.7 Å². The molecule has 29 heavy (non-hydrogen) atoms. The first-order valence-corrected chi connectivity index (χ1v) is 9.82. The molecule has 0 radical (unpaired) electrons. The van der Waals surface area contributed by atoms with E-state index in [-0.39, 0.29) is 18.4 Å². The Balaban J connectivity index is 1.76. The Bertz CT molecular complexity index is 849. The molecule has 0 aromatic heterocycles. The van der Waals surface area contributed by atoms with E-state index in [0.717, 1.165) is 22.3 Å². The maximum absolute atomic E-state index is 12.6. The number of aliphatic hydroxyl groups excluding tert-OH is 1. The van der Waals surface area contributed by atoms with Gasteiger partial charge in [-0.15, -0.1) is 0 Å². The molecule has 0 saturated heterocycles. The van der Waals surface area contributed by atoms with Crippen LogP contribution in [0, 0.1) is 11.8 Å². The van der Waals surface area contributed by atoms with Crippen LogP contribution < -0.4 is 5.73 Å². The van der Waals surface area contributed by atoms with Gasteiger partial charge in [-0.2, -0.15) is 0 Å². The molecule has 1 aliphatic carbocycles. The number of ether oxygens (including phenoxy) is 1. The van der Waals surface area contributed by atoms with E-state index in [1.54, 1.807) is 0 Å². The van der Waals surface area contributed by atoms with Crippen molar-refractivity contribution in [2.45, 2.75) is 38.3 Å². The molecule has 4 N–H and O–H groups in total. The van der Waals surface area contributed by atoms with Gasteiger partial charge in [-0.05, 0) is 34.6 Å². The van der Waals surface area contributed by atoms with Crippen LogP contribution >= 0.6 is 0 Å². The third-order valence-electron chi connectivity index (χ3n) is 5.40. The number of rotatable bonds is 8. The minimum Gasteiger partial charge on any atom is -0.481 e. The van der Waals surface area contributed by atoms with Crippen molar-refractivity contribution in [2.75, 3.05) is 6.61 Å². The highest BCUT2D eigenvalue weighted by molar-refractivity contribution is 5.94. The van der Waals surface area contributed by atoms with Gasteiger partial charge in [0, 0.05) is 12.0 Å². The molecule has 6 heteroatoms. The first kappa shape index (κ1) is 21.0. The largest absolute Gasteiger partial charge is 0.481 e. The van der Waals surface area contributed by atoms with Crippen molar-refractivity contribution < 1.29 is 24.5 Å². The molecule has 1 unspecified atom stereocenters. The predicted molar refractivity (Wildman–Crippen MR) is 109 cm³/mol. The van der Waals surface area contributed by atoms with E-state index in [9.17, 15) is 19.8 Å². The Kier molecular flexibility index (Phi) is 6.35. The van der Waals surface area contributed by atoms with Gasteiger partial charge >= 0.3 is 11.9 Å². The highest BCUT2D eigenvalue weighted by Gasteiger charge is 2.39. The third-order valence-corrected chi connectivity index (χ3v) is 5.40. The van der Waals surface area contributed by atoms with E-state index in [1.165, 1.54) is 0 Å². The van der Waals surface area contributed by atoms with Gasteiger partial charge in [0.25, 0.3) is 0 Å². The molecule has 0 fully saturated rings. The molecule has 0 saturated carbocycles. The van der Waals surface area contributed by atoms with Gasteiger partial charge in [0.15, 0.2) is 5.92 Å². The maximum atomic E-state index is 12.6. The van der Waals surface area contributed by atoms with E-state index in [0.29, 0.717) is 6.42 Å². The summed E-state index contributed by atoms with van der Waals surface area (Å²) in [6.07, 6.45) is -1.10. The highest BCUT2D eigenvalue weighted by atomic mass is 16.5. The number of aliphatic carboxylic acids is 1. The number of esters is 1. The van der Waals surface area contributed by atoms with Crippen LogP contribution in [0.5, 0.6) is 0 Å². The number of carboxylic acid groups (broad SMARTS) is 1. The second-order valence-corrected chi connectivity index (χ2v) is 7.96. The molecule has 0 amide bonds. The molecular formula is C23H27NO5. The average molecular weight is 397 g/mol. The molecule has 3 atom stereocenters. The molecular weight excluding hydrogens is 370 g/mol. The monoisotopic (exact) mass is 397 g/mol. The van der Waals surface area contributed by atoms with Crippen LogP contribution in [0.25, 0.3) is 11.1 Å². The number of nitrogens with two attached hydrogens (primary N) is 1. The summed E-state index contributed by atoms with van der Waals surface area (Å²) in [4.78, 5) is 24.2. The molecule has 0 heterocycles. The van der Waals surface area contributed by atoms with Crippen LogP contribution in [-0.4, -0.2) is 40.9 Å². The Morgan fingerprint density at radius 2 is 1.55 bits per heavy atom. The fourth-order valence-electron chi connectivity index (χ4n) is 4.01. The first-order valence-electron chi connectivity index (χ1n) is 9.82. The lowest BCUT2D eigenvalue weighted by molar-refractivity contribution is -0.165. The van der Waals surface area contributed by atoms with E-state index in [4.69, 9.17) is 10.5 Å². The molecule has 0 bridgehead atoms. The SMILES string of the molecule is CC(C)C[C@H](N)[C@H](O)C(C(=O)O)C(=O)OCC1c2ccccc2-c2ccccc21. The van der Waals surface area contributed by atoms with Crippen molar-refractivity contribution in [3.8, 4) is 11.1 Å². The fourth-order valence-corrected chi connectivity index (χ4v) is 4.01. The van der Waals surface area contributed by atoms with Gasteiger partial charge in [0.05, 0.1) is 6.10 Å². The predicted octanol–water partition coefficient (Wildman–Crippen LogP) is 2.78. The van der Waals surface area contributed by atoms with Crippen molar-refractivity contribution in [3.05, 3.63) is 59.7 Å². The van der Waals surface area contributed by atoms with Gasteiger partial charge in [0.1, 0.15) is 6.61 Å². The summed E-state index contributed by atoms with van der Waals surface area (Å²) in [6, 6.07) is 14.9. The number of fused-ring (bicyclic) bond motifs is 3. The van der Waals surface area contributed by atoms with Crippen LogP contribution in [0.2, 0.25) is 0 Å². The maximum Gasteiger partial charge on any atom is 0.323 e. The highest BCUT2D eigenvalue weighted by Crippen LogP contribution is 2.44. The Morgan fingerprint density at radius 3 is 2.03 bits per heavy atom. The molecule has 154 valence electrons. The van der Waals surface area contributed by atoms with Crippen LogP contribution in [0.3, 0.4) is 0 Å². The topological polar surface area (TPSA) is 110 Å². The number of carbonyl (C=O) groups is 2. The normalized spacial score (nSPS) is 16.0. The summed E-state index contributed by atoms with van der Waals surface area (Å²) in [5.41, 5.74) is 10.1. The van der Waals surface area contributed by atoms with Gasteiger partial charge in [-0.1, -0.05) is 62.4 Å². The molecule has 2 aromatic rings. The molecule has 2 aromatic carbocycles. The summed E-state index contributed by atoms with van der Waals surface area (Å²) in [6.45, 7) is 3.83.